The molecule has 0 saturated heterocycles. The molecule has 0 radical (unpaired) electrons. The molecule has 1 atom stereocenters. The number of ketones is 1. The van der Waals surface area contributed by atoms with Crippen molar-refractivity contribution in [1.29, 1.82) is 0 Å². The van der Waals surface area contributed by atoms with Gasteiger partial charge in [0, 0.05) is 12.8 Å². The van der Waals surface area contributed by atoms with Crippen molar-refractivity contribution >= 4 is 17.7 Å². The van der Waals surface area contributed by atoms with Gasteiger partial charge in [0.2, 0.25) is 5.91 Å². The number of hydrogen-bond donors (Lipinski definition) is 1. The van der Waals surface area contributed by atoms with Crippen LogP contribution in [0.15, 0.2) is 30.3 Å². The average molecular weight is 305 g/mol. The fourth-order valence-electron chi connectivity index (χ4n) is 1.89. The highest BCUT2D eigenvalue weighted by atomic mass is 16.5. The van der Waals surface area contributed by atoms with Gasteiger partial charge in [0.15, 0.2) is 0 Å². The lowest BCUT2D eigenvalue weighted by atomic mass is 10.1. The average Bonchev–Trinajstić information content (AvgIpc) is 2.50. The number of esters is 1. The Balaban J connectivity index is 2.22. The number of unbranched alkanes of at least 4 members (excludes halogenated alkanes) is 1. The molecule has 1 amide bonds. The molecule has 0 fully saturated rings. The van der Waals surface area contributed by atoms with Crippen LogP contribution in [-0.4, -0.2) is 23.7 Å². The van der Waals surface area contributed by atoms with E-state index in [1.54, 1.807) is 6.92 Å². The number of amides is 1. The smallest absolute Gasteiger partial charge is 0.328 e. The number of benzene rings is 1. The van der Waals surface area contributed by atoms with Crippen LogP contribution in [0.1, 0.15) is 45.1 Å². The third kappa shape index (κ3) is 7.57. The summed E-state index contributed by atoms with van der Waals surface area (Å²) in [4.78, 5) is 34.2. The first-order chi connectivity index (χ1) is 10.5. The van der Waals surface area contributed by atoms with Gasteiger partial charge in [-0.25, -0.2) is 4.79 Å². The topological polar surface area (TPSA) is 72.5 Å². The maximum Gasteiger partial charge on any atom is 0.328 e. The standard InChI is InChI=1S/C17H23NO4/c1-13(19)8-6-7-11-16(20)18-14(2)17(21)22-12-15-9-4-3-5-10-15/h3-5,9-10,14H,6-8,11-12H2,1-2H3,(H,18,20). The number of carbonyl (C=O) groups is 3. The molecule has 5 heteroatoms. The van der Waals surface area contributed by atoms with Crippen molar-refractivity contribution in [3.05, 3.63) is 35.9 Å². The van der Waals surface area contributed by atoms with Crippen LogP contribution >= 0.6 is 0 Å². The van der Waals surface area contributed by atoms with Crippen LogP contribution in [0.5, 0.6) is 0 Å². The van der Waals surface area contributed by atoms with E-state index in [2.05, 4.69) is 5.32 Å². The first-order valence-electron chi connectivity index (χ1n) is 7.48. The highest BCUT2D eigenvalue weighted by Gasteiger charge is 2.16. The van der Waals surface area contributed by atoms with Gasteiger partial charge >= 0.3 is 5.97 Å². The van der Waals surface area contributed by atoms with E-state index in [1.807, 2.05) is 30.3 Å². The highest BCUT2D eigenvalue weighted by Crippen LogP contribution is 2.03. The molecule has 1 rings (SSSR count). The molecular formula is C17H23NO4. The molecule has 0 aliphatic heterocycles. The number of ether oxygens (including phenoxy) is 1. The Bertz CT molecular complexity index is 499. The molecule has 0 saturated carbocycles. The second kappa shape index (κ2) is 9.71. The van der Waals surface area contributed by atoms with E-state index >= 15 is 0 Å². The fraction of sp³-hybridized carbons (Fsp3) is 0.471. The van der Waals surface area contributed by atoms with Gasteiger partial charge in [-0.1, -0.05) is 30.3 Å². The quantitative estimate of drug-likeness (QED) is 0.561. The molecule has 1 aromatic carbocycles. The fourth-order valence-corrected chi connectivity index (χ4v) is 1.89. The molecule has 0 bridgehead atoms. The predicted molar refractivity (Wildman–Crippen MR) is 83.0 cm³/mol. The van der Waals surface area contributed by atoms with E-state index in [4.69, 9.17) is 4.74 Å². The summed E-state index contributed by atoms with van der Waals surface area (Å²) in [7, 11) is 0. The summed E-state index contributed by atoms with van der Waals surface area (Å²) in [5.74, 6) is -0.535. The van der Waals surface area contributed by atoms with Crippen LogP contribution < -0.4 is 5.32 Å². The van der Waals surface area contributed by atoms with E-state index in [9.17, 15) is 14.4 Å². The Morgan fingerprint density at radius 2 is 1.73 bits per heavy atom. The minimum Gasteiger partial charge on any atom is -0.459 e. The molecule has 0 aliphatic rings. The summed E-state index contributed by atoms with van der Waals surface area (Å²) in [6.07, 6.45) is 2.12. The molecule has 1 N–H and O–H groups in total. The van der Waals surface area contributed by atoms with Crippen molar-refractivity contribution in [2.24, 2.45) is 0 Å². The first kappa shape index (κ1) is 17.9. The summed E-state index contributed by atoms with van der Waals surface area (Å²) in [6, 6.07) is 8.69. The van der Waals surface area contributed by atoms with Crippen molar-refractivity contribution in [3.8, 4) is 0 Å². The zero-order chi connectivity index (χ0) is 16.4. The molecule has 22 heavy (non-hydrogen) atoms. The monoisotopic (exact) mass is 305 g/mol. The van der Waals surface area contributed by atoms with E-state index in [0.717, 1.165) is 5.56 Å². The van der Waals surface area contributed by atoms with Crippen molar-refractivity contribution in [2.45, 2.75) is 52.2 Å². The Kier molecular flexibility index (Phi) is 7.89. The van der Waals surface area contributed by atoms with Crippen LogP contribution in [0.25, 0.3) is 0 Å². The van der Waals surface area contributed by atoms with Gasteiger partial charge < -0.3 is 14.8 Å². The minimum atomic E-state index is -0.677. The number of hydrogen-bond acceptors (Lipinski definition) is 4. The SMILES string of the molecule is CC(=O)CCCCC(=O)NC(C)C(=O)OCc1ccccc1. The van der Waals surface area contributed by atoms with E-state index in [0.29, 0.717) is 25.7 Å². The lowest BCUT2D eigenvalue weighted by molar-refractivity contribution is -0.148. The van der Waals surface area contributed by atoms with Gasteiger partial charge in [-0.15, -0.1) is 0 Å². The van der Waals surface area contributed by atoms with E-state index in [1.165, 1.54) is 6.92 Å². The third-order valence-corrected chi connectivity index (χ3v) is 3.14. The second-order valence-corrected chi connectivity index (χ2v) is 5.29. The number of carbonyl (C=O) groups excluding carboxylic acids is 3. The van der Waals surface area contributed by atoms with E-state index < -0.39 is 12.0 Å². The van der Waals surface area contributed by atoms with Crippen LogP contribution in [0, 0.1) is 0 Å². The number of rotatable bonds is 9. The summed E-state index contributed by atoms with van der Waals surface area (Å²) >= 11 is 0. The maximum atomic E-state index is 11.8. The molecule has 0 aromatic heterocycles. The zero-order valence-electron chi connectivity index (χ0n) is 13.1. The zero-order valence-corrected chi connectivity index (χ0v) is 13.1. The Hall–Kier alpha value is -2.17. The largest absolute Gasteiger partial charge is 0.459 e. The molecular weight excluding hydrogens is 282 g/mol. The number of Topliss-reactive ketones (excluding diaryl/α,β-unsaturated/α-hetero) is 1. The first-order valence-corrected chi connectivity index (χ1v) is 7.48. The Labute approximate surface area is 131 Å². The molecule has 5 nitrogen and oxygen atoms in total. The van der Waals surface area contributed by atoms with Crippen molar-refractivity contribution < 1.29 is 19.1 Å². The van der Waals surface area contributed by atoms with Crippen LogP contribution in [0.2, 0.25) is 0 Å². The molecule has 1 unspecified atom stereocenters. The normalized spacial score (nSPS) is 11.5. The summed E-state index contributed by atoms with van der Waals surface area (Å²) in [5, 5.41) is 2.61. The van der Waals surface area contributed by atoms with E-state index in [-0.39, 0.29) is 18.3 Å². The van der Waals surface area contributed by atoms with Gasteiger partial charge in [-0.3, -0.25) is 4.79 Å². The van der Waals surface area contributed by atoms with Crippen LogP contribution in [0.3, 0.4) is 0 Å². The molecule has 0 heterocycles. The molecule has 0 spiro atoms. The molecule has 1 aromatic rings. The Morgan fingerprint density at radius 3 is 2.36 bits per heavy atom. The Morgan fingerprint density at radius 1 is 1.09 bits per heavy atom. The lowest BCUT2D eigenvalue weighted by Crippen LogP contribution is -2.39. The van der Waals surface area contributed by atoms with Crippen LogP contribution in [0.4, 0.5) is 0 Å². The molecule has 0 aliphatic carbocycles. The van der Waals surface area contributed by atoms with Gasteiger partial charge in [-0.05, 0) is 32.3 Å². The van der Waals surface area contributed by atoms with Gasteiger partial charge in [0.05, 0.1) is 0 Å². The second-order valence-electron chi connectivity index (χ2n) is 5.29. The van der Waals surface area contributed by atoms with Crippen molar-refractivity contribution in [2.75, 3.05) is 0 Å². The van der Waals surface area contributed by atoms with Gasteiger partial charge in [-0.2, -0.15) is 0 Å². The number of nitrogens with one attached hydrogen (secondary N) is 1. The summed E-state index contributed by atoms with van der Waals surface area (Å²) < 4.78 is 5.15. The highest BCUT2D eigenvalue weighted by molar-refractivity contribution is 5.84. The molecule has 120 valence electrons. The summed E-state index contributed by atoms with van der Waals surface area (Å²) in [5.41, 5.74) is 0.901. The van der Waals surface area contributed by atoms with Crippen molar-refractivity contribution in [1.82, 2.24) is 5.32 Å². The maximum absolute atomic E-state index is 11.8. The third-order valence-electron chi connectivity index (χ3n) is 3.14. The minimum absolute atomic E-state index is 0.123. The predicted octanol–water partition coefficient (Wildman–Crippen LogP) is 2.38. The van der Waals surface area contributed by atoms with Crippen LogP contribution in [-0.2, 0) is 25.7 Å². The van der Waals surface area contributed by atoms with Gasteiger partial charge in [0.25, 0.3) is 0 Å². The lowest BCUT2D eigenvalue weighted by Gasteiger charge is -2.13. The van der Waals surface area contributed by atoms with Crippen molar-refractivity contribution in [3.63, 3.8) is 0 Å². The summed E-state index contributed by atoms with van der Waals surface area (Å²) in [6.45, 7) is 3.32. The van der Waals surface area contributed by atoms with Gasteiger partial charge in [0.1, 0.15) is 18.4 Å².